The van der Waals surface area contributed by atoms with Crippen LogP contribution in [0.2, 0.25) is 0 Å². The second-order valence-corrected chi connectivity index (χ2v) is 2.16. The van der Waals surface area contributed by atoms with Gasteiger partial charge in [0.25, 0.3) is 0 Å². The molecule has 3 heteroatoms. The minimum atomic E-state index is -0.393. The molecule has 1 rings (SSSR count). The van der Waals surface area contributed by atoms with Gasteiger partial charge >= 0.3 is 0 Å². The summed E-state index contributed by atoms with van der Waals surface area (Å²) < 4.78 is 12.9. The zero-order valence-electron chi connectivity index (χ0n) is 6.83. The third-order valence-electron chi connectivity index (χ3n) is 1.25. The van der Waals surface area contributed by atoms with E-state index < -0.39 is 5.82 Å². The predicted octanol–water partition coefficient (Wildman–Crippen LogP) is 1.69. The van der Waals surface area contributed by atoms with Crippen LogP contribution in [-0.2, 0) is 4.84 Å². The second-order valence-electron chi connectivity index (χ2n) is 2.16. The fraction of sp³-hybridized carbons (Fsp3) is 0.100. The molecule has 0 fully saturated rings. The van der Waals surface area contributed by atoms with Gasteiger partial charge in [-0.2, -0.15) is 0 Å². The van der Waals surface area contributed by atoms with Crippen LogP contribution in [0.4, 0.5) is 4.39 Å². The van der Waals surface area contributed by atoms with Crippen molar-refractivity contribution < 1.29 is 9.23 Å². The lowest BCUT2D eigenvalue weighted by Gasteiger charge is -1.93. The van der Waals surface area contributed by atoms with Gasteiger partial charge in [0.2, 0.25) is 0 Å². The van der Waals surface area contributed by atoms with E-state index in [1.54, 1.807) is 12.1 Å². The lowest BCUT2D eigenvalue weighted by atomic mass is 10.2. The zero-order chi connectivity index (χ0) is 9.52. The van der Waals surface area contributed by atoms with E-state index in [-0.39, 0.29) is 12.2 Å². The molecule has 2 nitrogen and oxygen atoms in total. The highest BCUT2D eigenvalue weighted by atomic mass is 19.1. The Morgan fingerprint density at radius 2 is 2.23 bits per heavy atom. The zero-order valence-corrected chi connectivity index (χ0v) is 6.83. The average molecular weight is 176 g/mol. The Morgan fingerprint density at radius 3 is 2.92 bits per heavy atom. The molecule has 0 saturated heterocycles. The largest absolute Gasteiger partial charge is 0.382 e. The molecule has 0 N–H and O–H groups in total. The monoisotopic (exact) mass is 176 g/mol. The molecule has 1 aromatic carbocycles. The van der Waals surface area contributed by atoms with Crippen LogP contribution in [0.25, 0.3) is 0 Å². The van der Waals surface area contributed by atoms with Crippen molar-refractivity contribution in [2.45, 2.75) is 0 Å². The molecular weight excluding hydrogens is 169 g/mol. The van der Waals surface area contributed by atoms with Gasteiger partial charge < -0.3 is 4.84 Å². The highest BCUT2D eigenvalue weighted by molar-refractivity contribution is 5.79. The minimum absolute atomic E-state index is 0.0570. The summed E-state index contributed by atoms with van der Waals surface area (Å²) in [6.07, 6.45) is 7.28. The number of halogens is 1. The van der Waals surface area contributed by atoms with Gasteiger partial charge in [0.05, 0.1) is 0 Å². The van der Waals surface area contributed by atoms with E-state index >= 15 is 0 Å². The molecule has 0 aliphatic rings. The molecular formula is C10H7FNO. The first-order valence-electron chi connectivity index (χ1n) is 3.60. The van der Waals surface area contributed by atoms with Crippen LogP contribution in [0, 0.1) is 18.2 Å². The van der Waals surface area contributed by atoms with E-state index in [4.69, 9.17) is 6.42 Å². The molecule has 0 amide bonds. The molecule has 0 heterocycles. The summed E-state index contributed by atoms with van der Waals surface area (Å²) in [6.45, 7) is 0.0570. The van der Waals surface area contributed by atoms with Gasteiger partial charge in [0.1, 0.15) is 12.0 Å². The van der Waals surface area contributed by atoms with E-state index in [2.05, 4.69) is 22.1 Å². The van der Waals surface area contributed by atoms with Crippen LogP contribution < -0.4 is 0 Å². The maximum Gasteiger partial charge on any atom is 0.177 e. The first kappa shape index (κ1) is 9.27. The molecule has 1 aromatic rings. The number of nitrogens with zero attached hydrogens (tertiary/aromatic N) is 1. The van der Waals surface area contributed by atoms with Crippen molar-refractivity contribution in [1.82, 2.24) is 0 Å². The smallest absolute Gasteiger partial charge is 0.177 e. The first-order valence-corrected chi connectivity index (χ1v) is 3.60. The first-order chi connectivity index (χ1) is 6.34. The third kappa shape index (κ3) is 2.96. The summed E-state index contributed by atoms with van der Waals surface area (Å²) in [5, 5.41) is 3.36. The molecule has 13 heavy (non-hydrogen) atoms. The Bertz CT molecular complexity index is 341. The highest BCUT2D eigenvalue weighted by Crippen LogP contribution is 2.02. The lowest BCUT2D eigenvalue weighted by molar-refractivity contribution is 0.181. The second kappa shape index (κ2) is 4.94. The summed E-state index contributed by atoms with van der Waals surface area (Å²) >= 11 is 0. The van der Waals surface area contributed by atoms with E-state index in [1.807, 2.05) is 0 Å². The Kier molecular flexibility index (Phi) is 3.52. The molecule has 0 aromatic heterocycles. The van der Waals surface area contributed by atoms with Gasteiger partial charge in [-0.1, -0.05) is 23.2 Å². The molecule has 0 spiro atoms. The van der Waals surface area contributed by atoms with E-state index in [9.17, 15) is 4.39 Å². The van der Waals surface area contributed by atoms with Crippen molar-refractivity contribution >= 4 is 6.21 Å². The van der Waals surface area contributed by atoms with Crippen LogP contribution in [-0.4, -0.2) is 12.8 Å². The van der Waals surface area contributed by atoms with Crippen molar-refractivity contribution in [3.8, 4) is 12.3 Å². The number of terminal acetylenes is 1. The quantitative estimate of drug-likeness (QED) is 0.297. The average Bonchev–Trinajstić information content (AvgIpc) is 2.15. The van der Waals surface area contributed by atoms with Gasteiger partial charge in [0.15, 0.2) is 6.61 Å². The van der Waals surface area contributed by atoms with Crippen molar-refractivity contribution in [2.75, 3.05) is 6.61 Å². The number of hydrogen-bond acceptors (Lipinski definition) is 2. The van der Waals surface area contributed by atoms with E-state index in [0.29, 0.717) is 0 Å². The van der Waals surface area contributed by atoms with Crippen LogP contribution in [0.5, 0.6) is 0 Å². The Balaban J connectivity index is 2.59. The standard InChI is InChI=1S/C10H7FNO/c1-2-7-13-12-8-9-5-3-4-6-10(9)11/h1,3-6H,7H2. The van der Waals surface area contributed by atoms with Crippen molar-refractivity contribution in [3.05, 3.63) is 35.6 Å². The van der Waals surface area contributed by atoms with Crippen molar-refractivity contribution in [1.29, 1.82) is 0 Å². The van der Waals surface area contributed by atoms with Crippen LogP contribution in [0.15, 0.2) is 29.4 Å². The summed E-state index contributed by atoms with van der Waals surface area (Å²) in [7, 11) is 0. The topological polar surface area (TPSA) is 21.6 Å². The normalized spacial score (nSPS) is 9.85. The minimum Gasteiger partial charge on any atom is -0.382 e. The Morgan fingerprint density at radius 1 is 1.46 bits per heavy atom. The Hall–Kier alpha value is -1.82. The summed E-state index contributed by atoms with van der Waals surface area (Å²) in [5.41, 5.74) is 0.250. The summed E-state index contributed by atoms with van der Waals surface area (Å²) in [6, 6.07) is 6.13. The Labute approximate surface area is 76.0 Å². The fourth-order valence-corrected chi connectivity index (χ4v) is 0.703. The lowest BCUT2D eigenvalue weighted by Crippen LogP contribution is -1.88. The van der Waals surface area contributed by atoms with Gasteiger partial charge in [0, 0.05) is 5.56 Å². The molecule has 0 atom stereocenters. The highest BCUT2D eigenvalue weighted by Gasteiger charge is 1.96. The van der Waals surface area contributed by atoms with E-state index in [1.165, 1.54) is 12.1 Å². The van der Waals surface area contributed by atoms with Crippen molar-refractivity contribution in [3.63, 3.8) is 0 Å². The molecule has 0 aliphatic carbocycles. The maximum absolute atomic E-state index is 12.9. The molecule has 0 aliphatic heterocycles. The number of hydrogen-bond donors (Lipinski definition) is 0. The number of rotatable bonds is 3. The van der Waals surface area contributed by atoms with Gasteiger partial charge in [-0.05, 0) is 12.1 Å². The van der Waals surface area contributed by atoms with E-state index in [0.717, 1.165) is 0 Å². The summed E-state index contributed by atoms with van der Waals surface area (Å²) in [4.78, 5) is 4.55. The maximum atomic E-state index is 12.9. The predicted molar refractivity (Wildman–Crippen MR) is 47.7 cm³/mol. The van der Waals surface area contributed by atoms with Crippen LogP contribution >= 0.6 is 0 Å². The molecule has 0 bridgehead atoms. The third-order valence-corrected chi connectivity index (χ3v) is 1.25. The SMILES string of the molecule is C#CCON=[C]c1ccccc1F. The number of benzene rings is 1. The van der Waals surface area contributed by atoms with Crippen LogP contribution in [0.1, 0.15) is 5.56 Å². The van der Waals surface area contributed by atoms with Crippen LogP contribution in [0.3, 0.4) is 0 Å². The molecule has 0 saturated carbocycles. The molecule has 0 unspecified atom stereocenters. The molecule has 65 valence electrons. The summed E-state index contributed by atoms with van der Waals surface area (Å²) in [5.74, 6) is 1.83. The van der Waals surface area contributed by atoms with Crippen molar-refractivity contribution in [2.24, 2.45) is 5.16 Å². The molecule has 1 radical (unpaired) electrons. The van der Waals surface area contributed by atoms with Gasteiger partial charge in [-0.25, -0.2) is 4.39 Å². The fourth-order valence-electron chi connectivity index (χ4n) is 0.703. The van der Waals surface area contributed by atoms with Gasteiger partial charge in [-0.15, -0.1) is 6.42 Å². The van der Waals surface area contributed by atoms with Gasteiger partial charge in [-0.3, -0.25) is 0 Å².